The van der Waals surface area contributed by atoms with E-state index >= 15 is 0 Å². The third-order valence-electron chi connectivity index (χ3n) is 2.96. The quantitative estimate of drug-likeness (QED) is 0.829. The van der Waals surface area contributed by atoms with Crippen LogP contribution >= 0.6 is 0 Å². The second-order valence-electron chi connectivity index (χ2n) is 5.55. The van der Waals surface area contributed by atoms with E-state index in [-0.39, 0.29) is 24.0 Å². The van der Waals surface area contributed by atoms with Gasteiger partial charge in [-0.1, -0.05) is 26.8 Å². The smallest absolute Gasteiger partial charge is 0.217 e. The number of hydrogen-bond acceptors (Lipinski definition) is 3. The number of nitrogens with two attached hydrogens (primary N) is 1. The number of ketones is 1. The number of hydrogen-bond donors (Lipinski definition) is 1. The van der Waals surface area contributed by atoms with Gasteiger partial charge in [-0.3, -0.25) is 9.59 Å². The molecule has 19 heavy (non-hydrogen) atoms. The molecule has 4 nitrogen and oxygen atoms in total. The predicted molar refractivity (Wildman–Crippen MR) is 74.5 cm³/mol. The summed E-state index contributed by atoms with van der Waals surface area (Å²) in [6.07, 6.45) is 0.168. The summed E-state index contributed by atoms with van der Waals surface area (Å²) in [5, 5.41) is 0. The number of methoxy groups -OCH3 is 1. The number of benzene rings is 1. The highest BCUT2D eigenvalue weighted by atomic mass is 16.5. The van der Waals surface area contributed by atoms with Gasteiger partial charge < -0.3 is 10.5 Å². The summed E-state index contributed by atoms with van der Waals surface area (Å²) >= 11 is 0. The third kappa shape index (κ3) is 4.09. The largest absolute Gasteiger partial charge is 0.496 e. The van der Waals surface area contributed by atoms with Crippen molar-refractivity contribution in [3.05, 3.63) is 29.3 Å². The normalized spacial score (nSPS) is 11.2. The van der Waals surface area contributed by atoms with Gasteiger partial charge in [0.1, 0.15) is 5.75 Å². The van der Waals surface area contributed by atoms with Gasteiger partial charge in [-0.25, -0.2) is 0 Å². The van der Waals surface area contributed by atoms with Gasteiger partial charge in [0.2, 0.25) is 5.91 Å². The molecule has 0 saturated carbocycles. The molecule has 0 radical (unpaired) electrons. The van der Waals surface area contributed by atoms with Crippen LogP contribution in [0.15, 0.2) is 18.2 Å². The SMILES string of the molecule is COc1ccc(C(C)(C)C)cc1C(=O)CCC(N)=O. The highest BCUT2D eigenvalue weighted by molar-refractivity contribution is 6.00. The van der Waals surface area contributed by atoms with Crippen molar-refractivity contribution in [2.75, 3.05) is 7.11 Å². The third-order valence-corrected chi connectivity index (χ3v) is 2.96. The molecule has 0 aliphatic rings. The number of rotatable bonds is 5. The molecular weight excluding hydrogens is 242 g/mol. The summed E-state index contributed by atoms with van der Waals surface area (Å²) < 4.78 is 5.20. The second kappa shape index (κ2) is 5.87. The van der Waals surface area contributed by atoms with Gasteiger partial charge in [0.05, 0.1) is 12.7 Å². The standard InChI is InChI=1S/C15H21NO3/c1-15(2,3)10-5-7-13(19-4)11(9-10)12(17)6-8-14(16)18/h5,7,9H,6,8H2,1-4H3,(H2,16,18). The van der Waals surface area contributed by atoms with Crippen LogP contribution in [0.4, 0.5) is 0 Å². The average Bonchev–Trinajstić information content (AvgIpc) is 2.33. The maximum absolute atomic E-state index is 12.1. The Morgan fingerprint density at radius 3 is 2.32 bits per heavy atom. The fraction of sp³-hybridized carbons (Fsp3) is 0.467. The average molecular weight is 263 g/mol. The zero-order chi connectivity index (χ0) is 14.6. The lowest BCUT2D eigenvalue weighted by molar-refractivity contribution is -0.118. The minimum Gasteiger partial charge on any atom is -0.496 e. The van der Waals surface area contributed by atoms with Crippen LogP contribution < -0.4 is 10.5 Å². The van der Waals surface area contributed by atoms with Gasteiger partial charge in [0.15, 0.2) is 5.78 Å². The van der Waals surface area contributed by atoms with Crippen molar-refractivity contribution in [3.63, 3.8) is 0 Å². The molecule has 4 heteroatoms. The van der Waals surface area contributed by atoms with Crippen molar-refractivity contribution in [1.29, 1.82) is 0 Å². The van der Waals surface area contributed by atoms with Crippen LogP contribution in [0.2, 0.25) is 0 Å². The molecule has 2 N–H and O–H groups in total. The molecule has 1 aromatic rings. The summed E-state index contributed by atoms with van der Waals surface area (Å²) in [6, 6.07) is 5.57. The fourth-order valence-corrected chi connectivity index (χ4v) is 1.76. The van der Waals surface area contributed by atoms with E-state index in [2.05, 4.69) is 20.8 Å². The fourth-order valence-electron chi connectivity index (χ4n) is 1.76. The van der Waals surface area contributed by atoms with E-state index in [9.17, 15) is 9.59 Å². The molecule has 0 aliphatic heterocycles. The van der Waals surface area contributed by atoms with E-state index in [1.807, 2.05) is 12.1 Å². The number of amides is 1. The molecule has 0 aromatic heterocycles. The number of carbonyl (C=O) groups excluding carboxylic acids is 2. The van der Waals surface area contributed by atoms with Gasteiger partial charge in [-0.05, 0) is 23.1 Å². The van der Waals surface area contributed by atoms with Crippen LogP contribution in [0, 0.1) is 0 Å². The lowest BCUT2D eigenvalue weighted by Crippen LogP contribution is -2.15. The first-order valence-electron chi connectivity index (χ1n) is 6.25. The summed E-state index contributed by atoms with van der Waals surface area (Å²) in [5.74, 6) is -0.0662. The first-order valence-corrected chi connectivity index (χ1v) is 6.25. The Morgan fingerprint density at radius 2 is 1.84 bits per heavy atom. The zero-order valence-corrected chi connectivity index (χ0v) is 11.9. The molecule has 1 aromatic carbocycles. The Bertz CT molecular complexity index is 487. The minimum atomic E-state index is -0.473. The van der Waals surface area contributed by atoms with Crippen LogP contribution in [0.25, 0.3) is 0 Å². The van der Waals surface area contributed by atoms with E-state index in [4.69, 9.17) is 10.5 Å². The van der Waals surface area contributed by atoms with Gasteiger partial charge >= 0.3 is 0 Å². The Labute approximate surface area is 113 Å². The highest BCUT2D eigenvalue weighted by Gasteiger charge is 2.19. The van der Waals surface area contributed by atoms with E-state index < -0.39 is 5.91 Å². The van der Waals surface area contributed by atoms with Crippen molar-refractivity contribution >= 4 is 11.7 Å². The van der Waals surface area contributed by atoms with Crippen LogP contribution in [0.5, 0.6) is 5.75 Å². The van der Waals surface area contributed by atoms with Crippen molar-refractivity contribution in [2.24, 2.45) is 5.73 Å². The van der Waals surface area contributed by atoms with Crippen molar-refractivity contribution < 1.29 is 14.3 Å². The predicted octanol–water partition coefficient (Wildman–Crippen LogP) is 2.44. The lowest BCUT2D eigenvalue weighted by atomic mass is 9.85. The zero-order valence-electron chi connectivity index (χ0n) is 11.9. The van der Waals surface area contributed by atoms with Crippen LogP contribution in [0.3, 0.4) is 0 Å². The first kappa shape index (κ1) is 15.2. The number of Topliss-reactive ketones (excluding diaryl/α,β-unsaturated/α-hetero) is 1. The molecule has 0 aliphatic carbocycles. The summed E-state index contributed by atoms with van der Waals surface area (Å²) in [6.45, 7) is 6.23. The molecule has 1 rings (SSSR count). The monoisotopic (exact) mass is 263 g/mol. The molecule has 1 amide bonds. The minimum absolute atomic E-state index is 0.0506. The van der Waals surface area contributed by atoms with Gasteiger partial charge in [0, 0.05) is 12.8 Å². The molecular formula is C15H21NO3. The maximum Gasteiger partial charge on any atom is 0.217 e. The van der Waals surface area contributed by atoms with Crippen LogP contribution in [-0.2, 0) is 10.2 Å². The van der Waals surface area contributed by atoms with Crippen LogP contribution in [-0.4, -0.2) is 18.8 Å². The van der Waals surface area contributed by atoms with Crippen molar-refractivity contribution in [2.45, 2.75) is 39.0 Å². The van der Waals surface area contributed by atoms with Crippen molar-refractivity contribution in [1.82, 2.24) is 0 Å². The molecule has 0 spiro atoms. The number of ether oxygens (including phenoxy) is 1. The highest BCUT2D eigenvalue weighted by Crippen LogP contribution is 2.28. The summed E-state index contributed by atoms with van der Waals surface area (Å²) in [7, 11) is 1.52. The second-order valence-corrected chi connectivity index (χ2v) is 5.55. The number of primary amides is 1. The molecule has 0 bridgehead atoms. The van der Waals surface area contributed by atoms with Gasteiger partial charge in [-0.15, -0.1) is 0 Å². The number of carbonyl (C=O) groups is 2. The Balaban J connectivity index is 3.09. The maximum atomic E-state index is 12.1. The first-order chi connectivity index (χ1) is 8.75. The van der Waals surface area contributed by atoms with E-state index in [0.717, 1.165) is 5.56 Å². The molecule has 0 fully saturated rings. The van der Waals surface area contributed by atoms with E-state index in [1.54, 1.807) is 6.07 Å². The lowest BCUT2D eigenvalue weighted by Gasteiger charge is -2.20. The van der Waals surface area contributed by atoms with Gasteiger partial charge in [0.25, 0.3) is 0 Å². The molecule has 0 saturated heterocycles. The summed E-state index contributed by atoms with van der Waals surface area (Å²) in [4.78, 5) is 22.9. The topological polar surface area (TPSA) is 69.4 Å². The molecule has 104 valence electrons. The van der Waals surface area contributed by atoms with Gasteiger partial charge in [-0.2, -0.15) is 0 Å². The molecule has 0 atom stereocenters. The van der Waals surface area contributed by atoms with Crippen molar-refractivity contribution in [3.8, 4) is 5.75 Å². The summed E-state index contributed by atoms with van der Waals surface area (Å²) in [5.41, 5.74) is 6.58. The Hall–Kier alpha value is -1.84. The van der Waals surface area contributed by atoms with E-state index in [1.165, 1.54) is 7.11 Å². The molecule has 0 heterocycles. The Kier molecular flexibility index (Phi) is 4.70. The van der Waals surface area contributed by atoms with Crippen LogP contribution in [0.1, 0.15) is 49.5 Å². The van der Waals surface area contributed by atoms with E-state index in [0.29, 0.717) is 11.3 Å². The molecule has 0 unspecified atom stereocenters. The Morgan fingerprint density at radius 1 is 1.21 bits per heavy atom.